The highest BCUT2D eigenvalue weighted by Gasteiger charge is 2.07. The van der Waals surface area contributed by atoms with Gasteiger partial charge in [-0.1, -0.05) is 30.3 Å². The monoisotopic (exact) mass is 368 g/mol. The van der Waals surface area contributed by atoms with E-state index >= 15 is 0 Å². The Morgan fingerprint density at radius 3 is 2.63 bits per heavy atom. The van der Waals surface area contributed by atoms with Crippen LogP contribution in [-0.4, -0.2) is 31.6 Å². The number of benzene rings is 2. The predicted molar refractivity (Wildman–Crippen MR) is 110 cm³/mol. The van der Waals surface area contributed by atoms with Gasteiger partial charge in [-0.15, -0.1) is 0 Å². The smallest absolute Gasteiger partial charge is 0.221 e. The van der Waals surface area contributed by atoms with Crippen LogP contribution in [0.2, 0.25) is 0 Å². The zero-order valence-corrected chi connectivity index (χ0v) is 16.4. The van der Waals surface area contributed by atoms with Crippen LogP contribution in [0, 0.1) is 6.92 Å². The summed E-state index contributed by atoms with van der Waals surface area (Å²) in [5, 5.41) is 9.32. The van der Waals surface area contributed by atoms with E-state index < -0.39 is 0 Å². The van der Waals surface area contributed by atoms with Gasteiger partial charge in [-0.25, -0.2) is 0 Å². The first-order chi connectivity index (χ1) is 13.0. The van der Waals surface area contributed by atoms with Crippen LogP contribution in [0.25, 0.3) is 0 Å². The van der Waals surface area contributed by atoms with Crippen LogP contribution in [0.15, 0.2) is 53.5 Å². The van der Waals surface area contributed by atoms with Crippen LogP contribution in [0.4, 0.5) is 5.69 Å². The first-order valence-electron chi connectivity index (χ1n) is 9.01. The third-order valence-electron chi connectivity index (χ3n) is 3.91. The third-order valence-corrected chi connectivity index (χ3v) is 3.91. The van der Waals surface area contributed by atoms with Crippen LogP contribution < -0.4 is 20.7 Å². The lowest BCUT2D eigenvalue weighted by molar-refractivity contribution is -0.114. The maximum atomic E-state index is 11.2. The summed E-state index contributed by atoms with van der Waals surface area (Å²) in [5.74, 6) is 1.50. The first-order valence-corrected chi connectivity index (χ1v) is 9.01. The zero-order chi connectivity index (χ0) is 19.6. The minimum atomic E-state index is -0.0831. The number of aryl methyl sites for hydroxylation is 1. The van der Waals surface area contributed by atoms with Gasteiger partial charge in [0.25, 0.3) is 0 Å². The molecule has 6 nitrogen and oxygen atoms in total. The Labute approximate surface area is 161 Å². The fraction of sp³-hybridized carbons (Fsp3) is 0.333. The number of guanidine groups is 1. The summed E-state index contributed by atoms with van der Waals surface area (Å²) >= 11 is 0. The van der Waals surface area contributed by atoms with Gasteiger partial charge < -0.3 is 20.7 Å². The SMILES string of the molecule is CN=C(NCc1cccc(NC(C)=O)c1)NCC(C)Oc1ccccc1C. The molecule has 1 atom stereocenters. The zero-order valence-electron chi connectivity index (χ0n) is 16.4. The first kappa shape index (κ1) is 20.3. The fourth-order valence-electron chi connectivity index (χ4n) is 2.56. The minimum Gasteiger partial charge on any atom is -0.489 e. The molecule has 27 heavy (non-hydrogen) atoms. The number of aliphatic imine (C=N–C) groups is 1. The van der Waals surface area contributed by atoms with Crippen molar-refractivity contribution in [1.82, 2.24) is 10.6 Å². The molecule has 0 aliphatic heterocycles. The standard InChI is InChI=1S/C21H28N4O2/c1-15-8-5-6-11-20(15)27-16(2)13-23-21(22-4)24-14-18-9-7-10-19(12-18)25-17(3)26/h5-12,16H,13-14H2,1-4H3,(H,25,26)(H2,22,23,24). The van der Waals surface area contributed by atoms with Crippen LogP contribution >= 0.6 is 0 Å². The van der Waals surface area contributed by atoms with Crippen molar-refractivity contribution < 1.29 is 9.53 Å². The van der Waals surface area contributed by atoms with Gasteiger partial charge in [-0.3, -0.25) is 9.79 Å². The molecule has 0 saturated carbocycles. The molecule has 0 aliphatic carbocycles. The Balaban J connectivity index is 1.82. The van der Waals surface area contributed by atoms with E-state index in [1.165, 1.54) is 6.92 Å². The van der Waals surface area contributed by atoms with E-state index in [0.29, 0.717) is 19.0 Å². The highest BCUT2D eigenvalue weighted by Crippen LogP contribution is 2.17. The lowest BCUT2D eigenvalue weighted by Gasteiger charge is -2.19. The van der Waals surface area contributed by atoms with Crippen LogP contribution in [0.1, 0.15) is 25.0 Å². The molecular formula is C21H28N4O2. The van der Waals surface area contributed by atoms with Crippen molar-refractivity contribution in [1.29, 1.82) is 0 Å². The van der Waals surface area contributed by atoms with Crippen molar-refractivity contribution in [2.45, 2.75) is 33.4 Å². The molecule has 0 heterocycles. The van der Waals surface area contributed by atoms with E-state index in [-0.39, 0.29) is 12.0 Å². The second-order valence-electron chi connectivity index (χ2n) is 6.38. The molecule has 0 fully saturated rings. The Kier molecular flexibility index (Phi) is 7.67. The molecule has 0 radical (unpaired) electrons. The highest BCUT2D eigenvalue weighted by molar-refractivity contribution is 5.88. The Morgan fingerprint density at radius 2 is 1.93 bits per heavy atom. The number of nitrogens with zero attached hydrogens (tertiary/aromatic N) is 1. The molecule has 0 aromatic heterocycles. The second kappa shape index (κ2) is 10.2. The normalized spacial score (nSPS) is 12.2. The molecule has 144 valence electrons. The van der Waals surface area contributed by atoms with Gasteiger partial charge in [0, 0.05) is 26.2 Å². The van der Waals surface area contributed by atoms with Crippen molar-refractivity contribution in [3.63, 3.8) is 0 Å². The molecule has 2 rings (SSSR count). The highest BCUT2D eigenvalue weighted by atomic mass is 16.5. The number of amides is 1. The lowest BCUT2D eigenvalue weighted by atomic mass is 10.2. The molecule has 0 aliphatic rings. The molecule has 6 heteroatoms. The van der Waals surface area contributed by atoms with Gasteiger partial charge in [0.2, 0.25) is 5.91 Å². The quantitative estimate of drug-likeness (QED) is 0.519. The van der Waals surface area contributed by atoms with Crippen molar-refractivity contribution in [3.8, 4) is 5.75 Å². The summed E-state index contributed by atoms with van der Waals surface area (Å²) in [6.07, 6.45) is -0.00672. The van der Waals surface area contributed by atoms with Gasteiger partial charge >= 0.3 is 0 Å². The molecule has 2 aromatic rings. The number of para-hydroxylation sites is 1. The van der Waals surface area contributed by atoms with Gasteiger partial charge in [0.15, 0.2) is 5.96 Å². The Bertz CT molecular complexity index is 789. The van der Waals surface area contributed by atoms with Gasteiger partial charge in [0.05, 0.1) is 6.54 Å². The summed E-state index contributed by atoms with van der Waals surface area (Å²) in [4.78, 5) is 15.4. The maximum Gasteiger partial charge on any atom is 0.221 e. The molecule has 1 amide bonds. The average molecular weight is 368 g/mol. The van der Waals surface area contributed by atoms with Gasteiger partial charge in [-0.2, -0.15) is 0 Å². The fourth-order valence-corrected chi connectivity index (χ4v) is 2.56. The van der Waals surface area contributed by atoms with E-state index in [1.54, 1.807) is 7.05 Å². The van der Waals surface area contributed by atoms with E-state index in [9.17, 15) is 4.79 Å². The number of hydrogen-bond acceptors (Lipinski definition) is 3. The number of anilines is 1. The van der Waals surface area contributed by atoms with Crippen LogP contribution in [-0.2, 0) is 11.3 Å². The number of hydrogen-bond donors (Lipinski definition) is 3. The summed E-state index contributed by atoms with van der Waals surface area (Å²) < 4.78 is 5.97. The molecule has 1 unspecified atom stereocenters. The minimum absolute atomic E-state index is 0.00672. The topological polar surface area (TPSA) is 74.8 Å². The number of nitrogens with one attached hydrogen (secondary N) is 3. The summed E-state index contributed by atoms with van der Waals surface area (Å²) in [6.45, 7) is 6.77. The van der Waals surface area contributed by atoms with Crippen molar-refractivity contribution in [2.24, 2.45) is 4.99 Å². The average Bonchev–Trinajstić information content (AvgIpc) is 2.63. The summed E-state index contributed by atoms with van der Waals surface area (Å²) in [6, 6.07) is 15.7. The van der Waals surface area contributed by atoms with Crippen molar-refractivity contribution in [3.05, 3.63) is 59.7 Å². The molecule has 3 N–H and O–H groups in total. The summed E-state index contributed by atoms with van der Waals surface area (Å²) in [5.41, 5.74) is 2.95. The number of ether oxygens (including phenoxy) is 1. The molecule has 0 bridgehead atoms. The molecular weight excluding hydrogens is 340 g/mol. The van der Waals surface area contributed by atoms with Gasteiger partial charge in [-0.05, 0) is 43.2 Å². The number of carbonyl (C=O) groups excluding carboxylic acids is 1. The maximum absolute atomic E-state index is 11.2. The van der Waals surface area contributed by atoms with E-state index in [1.807, 2.05) is 62.4 Å². The largest absolute Gasteiger partial charge is 0.489 e. The second-order valence-corrected chi connectivity index (χ2v) is 6.38. The van der Waals surface area contributed by atoms with Crippen LogP contribution in [0.3, 0.4) is 0 Å². The van der Waals surface area contributed by atoms with Gasteiger partial charge in [0.1, 0.15) is 11.9 Å². The Morgan fingerprint density at radius 1 is 1.15 bits per heavy atom. The predicted octanol–water partition coefficient (Wildman–Crippen LogP) is 3.09. The van der Waals surface area contributed by atoms with E-state index in [4.69, 9.17) is 4.74 Å². The number of rotatable bonds is 7. The van der Waals surface area contributed by atoms with Crippen molar-refractivity contribution >= 4 is 17.6 Å². The van der Waals surface area contributed by atoms with Crippen LogP contribution in [0.5, 0.6) is 5.75 Å². The molecule has 0 spiro atoms. The molecule has 0 saturated heterocycles. The third kappa shape index (κ3) is 7.01. The van der Waals surface area contributed by atoms with E-state index in [2.05, 4.69) is 20.9 Å². The van der Waals surface area contributed by atoms with E-state index in [0.717, 1.165) is 22.6 Å². The Hall–Kier alpha value is -3.02. The number of carbonyl (C=O) groups is 1. The molecule has 2 aromatic carbocycles. The van der Waals surface area contributed by atoms with Crippen molar-refractivity contribution in [2.75, 3.05) is 18.9 Å². The lowest BCUT2D eigenvalue weighted by Crippen LogP contribution is -2.41. The summed E-state index contributed by atoms with van der Waals surface area (Å²) in [7, 11) is 1.73.